The molecule has 2 bridgehead atoms. The fraction of sp³-hybridized carbons (Fsp3) is 0.875. The Morgan fingerprint density at radius 3 is 2.05 bits per heavy atom. The lowest BCUT2D eigenvalue weighted by molar-refractivity contribution is -0.158. The number of carbonyl (C=O) groups excluding carboxylic acids is 2. The number of rotatable bonds is 2. The van der Waals surface area contributed by atoms with Crippen LogP contribution in [0.3, 0.4) is 0 Å². The van der Waals surface area contributed by atoms with Crippen molar-refractivity contribution in [3.05, 3.63) is 0 Å². The number of hydrogen-bond acceptors (Lipinski definition) is 3. The summed E-state index contributed by atoms with van der Waals surface area (Å²) in [4.78, 5) is 26.0. The number of amides is 2. The summed E-state index contributed by atoms with van der Waals surface area (Å²) in [5.74, 6) is -0.0216. The highest BCUT2D eigenvalue weighted by Gasteiger charge is 2.48. The van der Waals surface area contributed by atoms with Gasteiger partial charge in [0.05, 0.1) is 12.1 Å². The maximum absolute atomic E-state index is 12.3. The number of piperidine rings is 1. The Balaban J connectivity index is 1.71. The van der Waals surface area contributed by atoms with Crippen LogP contribution in [0.2, 0.25) is 0 Å². The Labute approximate surface area is 120 Å². The topological polar surface area (TPSA) is 57.6 Å². The van der Waals surface area contributed by atoms with Gasteiger partial charge in [-0.3, -0.25) is 14.5 Å². The molecule has 2 aliphatic carbocycles. The van der Waals surface area contributed by atoms with Crippen molar-refractivity contribution < 1.29 is 14.7 Å². The van der Waals surface area contributed by atoms with Gasteiger partial charge in [-0.05, 0) is 50.4 Å². The van der Waals surface area contributed by atoms with Crippen molar-refractivity contribution in [3.8, 4) is 0 Å². The first-order valence-electron chi connectivity index (χ1n) is 7.87. The average Bonchev–Trinajstić information content (AvgIpc) is 2.84. The third-order valence-electron chi connectivity index (χ3n) is 5.65. The van der Waals surface area contributed by atoms with Crippen molar-refractivity contribution in [2.24, 2.45) is 17.3 Å². The molecule has 3 rings (SSSR count). The predicted octanol–water partition coefficient (Wildman–Crippen LogP) is 2.10. The normalized spacial score (nSPS) is 35.5. The minimum Gasteiger partial charge on any atom is -0.388 e. The summed E-state index contributed by atoms with van der Waals surface area (Å²) in [6.07, 6.45) is 5.70. The van der Waals surface area contributed by atoms with Gasteiger partial charge in [-0.2, -0.15) is 0 Å². The molecule has 4 nitrogen and oxygen atoms in total. The average molecular weight is 279 g/mol. The molecule has 2 saturated carbocycles. The first-order valence-corrected chi connectivity index (χ1v) is 7.87. The predicted molar refractivity (Wildman–Crippen MR) is 74.7 cm³/mol. The number of aliphatic hydroxyl groups is 1. The summed E-state index contributed by atoms with van der Waals surface area (Å²) in [5, 5.41) is 10.7. The van der Waals surface area contributed by atoms with E-state index in [1.54, 1.807) is 0 Å². The number of likely N-dealkylation sites (tertiary alicyclic amines) is 1. The van der Waals surface area contributed by atoms with Gasteiger partial charge in [-0.25, -0.2) is 0 Å². The molecule has 112 valence electrons. The van der Waals surface area contributed by atoms with E-state index in [-0.39, 0.29) is 35.6 Å². The van der Waals surface area contributed by atoms with Crippen LogP contribution in [0.15, 0.2) is 0 Å². The molecule has 1 heterocycles. The van der Waals surface area contributed by atoms with Crippen molar-refractivity contribution in [1.82, 2.24) is 4.90 Å². The first-order chi connectivity index (χ1) is 9.30. The van der Waals surface area contributed by atoms with Crippen LogP contribution in [0.1, 0.15) is 58.8 Å². The van der Waals surface area contributed by atoms with E-state index in [0.717, 1.165) is 32.1 Å². The minimum atomic E-state index is -0.863. The summed E-state index contributed by atoms with van der Waals surface area (Å²) in [5.41, 5.74) is -0.598. The van der Waals surface area contributed by atoms with E-state index in [1.807, 2.05) is 0 Å². The van der Waals surface area contributed by atoms with E-state index in [4.69, 9.17) is 0 Å². The Kier molecular flexibility index (Phi) is 3.20. The molecule has 4 heteroatoms. The molecule has 20 heavy (non-hydrogen) atoms. The summed E-state index contributed by atoms with van der Waals surface area (Å²) >= 11 is 0. The molecule has 3 aliphatic rings. The number of imide groups is 1. The number of hydrogen-bond donors (Lipinski definition) is 1. The number of β-amino-alcohol motifs (C(OH)–C–C–N with tert-alkyl or cyclic N) is 1. The van der Waals surface area contributed by atoms with Gasteiger partial charge < -0.3 is 5.11 Å². The molecular weight excluding hydrogens is 254 g/mol. The third-order valence-corrected chi connectivity index (χ3v) is 5.65. The molecule has 0 aromatic rings. The smallest absolute Gasteiger partial charge is 0.232 e. The SMILES string of the molecule is CC1(C)CCC(O)(CN2C(=O)C3CCC(C3)C2=O)CC1. The van der Waals surface area contributed by atoms with Crippen LogP contribution in [0.25, 0.3) is 0 Å². The number of carbonyl (C=O) groups is 2. The van der Waals surface area contributed by atoms with Crippen LogP contribution in [0, 0.1) is 17.3 Å². The number of fused-ring (bicyclic) bond motifs is 2. The van der Waals surface area contributed by atoms with Crippen LogP contribution >= 0.6 is 0 Å². The largest absolute Gasteiger partial charge is 0.388 e. The van der Waals surface area contributed by atoms with Crippen molar-refractivity contribution in [3.63, 3.8) is 0 Å². The molecule has 0 radical (unpaired) electrons. The van der Waals surface area contributed by atoms with Gasteiger partial charge in [-0.15, -0.1) is 0 Å². The Hall–Kier alpha value is -0.900. The van der Waals surface area contributed by atoms with Crippen LogP contribution in [-0.2, 0) is 9.59 Å². The highest BCUT2D eigenvalue weighted by Crippen LogP contribution is 2.43. The molecule has 1 N–H and O–H groups in total. The van der Waals surface area contributed by atoms with E-state index >= 15 is 0 Å². The first kappa shape index (κ1) is 14.1. The van der Waals surface area contributed by atoms with Crippen molar-refractivity contribution in [2.75, 3.05) is 6.54 Å². The fourth-order valence-electron chi connectivity index (χ4n) is 3.98. The van der Waals surface area contributed by atoms with Crippen molar-refractivity contribution >= 4 is 11.8 Å². The lowest BCUT2D eigenvalue weighted by Crippen LogP contribution is -2.54. The van der Waals surface area contributed by atoms with Crippen LogP contribution in [-0.4, -0.2) is 34.0 Å². The van der Waals surface area contributed by atoms with E-state index < -0.39 is 5.60 Å². The second-order valence-corrected chi connectivity index (χ2v) is 7.86. The quantitative estimate of drug-likeness (QED) is 0.788. The molecule has 0 spiro atoms. The minimum absolute atomic E-state index is 0.0290. The van der Waals surface area contributed by atoms with Gasteiger partial charge in [-0.1, -0.05) is 13.8 Å². The molecule has 2 amide bonds. The highest BCUT2D eigenvalue weighted by atomic mass is 16.3. The van der Waals surface area contributed by atoms with Crippen molar-refractivity contribution in [1.29, 1.82) is 0 Å². The Morgan fingerprint density at radius 2 is 1.55 bits per heavy atom. The summed E-state index contributed by atoms with van der Waals surface area (Å²) in [6, 6.07) is 0. The zero-order chi connectivity index (χ0) is 14.5. The standard InChI is InChI=1S/C16H25NO3/c1-15(2)5-7-16(20,8-6-15)10-17-13(18)11-3-4-12(9-11)14(17)19/h11-12,20H,3-10H2,1-2H3. The Bertz CT molecular complexity index is 411. The summed E-state index contributed by atoms with van der Waals surface area (Å²) in [6.45, 7) is 4.64. The zero-order valence-corrected chi connectivity index (χ0v) is 12.5. The van der Waals surface area contributed by atoms with Gasteiger partial charge in [0.2, 0.25) is 11.8 Å². The lowest BCUT2D eigenvalue weighted by Gasteiger charge is -2.43. The fourth-order valence-corrected chi connectivity index (χ4v) is 3.98. The third kappa shape index (κ3) is 2.39. The van der Waals surface area contributed by atoms with Gasteiger partial charge in [0, 0.05) is 11.8 Å². The molecule has 2 atom stereocenters. The molecule has 1 saturated heterocycles. The molecule has 3 fully saturated rings. The van der Waals surface area contributed by atoms with Crippen molar-refractivity contribution in [2.45, 2.75) is 64.4 Å². The maximum atomic E-state index is 12.3. The van der Waals surface area contributed by atoms with E-state index in [1.165, 1.54) is 4.90 Å². The second-order valence-electron chi connectivity index (χ2n) is 7.86. The second kappa shape index (κ2) is 4.55. The maximum Gasteiger partial charge on any atom is 0.232 e. The lowest BCUT2D eigenvalue weighted by atomic mass is 9.70. The van der Waals surface area contributed by atoms with Gasteiger partial charge >= 0.3 is 0 Å². The van der Waals surface area contributed by atoms with Gasteiger partial charge in [0.25, 0.3) is 0 Å². The van der Waals surface area contributed by atoms with E-state index in [0.29, 0.717) is 12.8 Å². The van der Waals surface area contributed by atoms with Crippen LogP contribution in [0.4, 0.5) is 0 Å². The van der Waals surface area contributed by atoms with Gasteiger partial charge in [0.15, 0.2) is 0 Å². The van der Waals surface area contributed by atoms with E-state index in [9.17, 15) is 14.7 Å². The zero-order valence-electron chi connectivity index (χ0n) is 12.5. The van der Waals surface area contributed by atoms with Crippen LogP contribution in [0.5, 0.6) is 0 Å². The van der Waals surface area contributed by atoms with Crippen LogP contribution < -0.4 is 0 Å². The molecular formula is C16H25NO3. The van der Waals surface area contributed by atoms with E-state index in [2.05, 4.69) is 13.8 Å². The van der Waals surface area contributed by atoms with Gasteiger partial charge in [0.1, 0.15) is 0 Å². The summed E-state index contributed by atoms with van der Waals surface area (Å²) in [7, 11) is 0. The molecule has 0 aromatic heterocycles. The monoisotopic (exact) mass is 279 g/mol. The molecule has 0 aromatic carbocycles. The number of nitrogens with zero attached hydrogens (tertiary/aromatic N) is 1. The Morgan fingerprint density at radius 1 is 1.05 bits per heavy atom. The molecule has 2 unspecified atom stereocenters. The highest BCUT2D eigenvalue weighted by molar-refractivity contribution is 6.00. The molecule has 1 aliphatic heterocycles. The summed E-state index contributed by atoms with van der Waals surface area (Å²) < 4.78 is 0.